The van der Waals surface area contributed by atoms with E-state index in [0.29, 0.717) is 38.0 Å². The number of nitrogens with zero attached hydrogens (tertiary/aromatic N) is 1. The molecule has 0 bridgehead atoms. The molecule has 1 aliphatic rings. The van der Waals surface area contributed by atoms with E-state index in [1.165, 1.54) is 0 Å². The molecule has 0 aromatic heterocycles. The zero-order valence-corrected chi connectivity index (χ0v) is 19.0. The molecule has 1 unspecified atom stereocenters. The predicted molar refractivity (Wildman–Crippen MR) is 122 cm³/mol. The van der Waals surface area contributed by atoms with Gasteiger partial charge in [0, 0.05) is 25.8 Å². The van der Waals surface area contributed by atoms with Crippen LogP contribution in [-0.4, -0.2) is 47.2 Å². The van der Waals surface area contributed by atoms with Crippen molar-refractivity contribution in [3.8, 4) is 11.8 Å². The molecule has 1 fully saturated rings. The van der Waals surface area contributed by atoms with E-state index in [0.717, 1.165) is 24.8 Å². The van der Waals surface area contributed by atoms with Crippen LogP contribution in [0.1, 0.15) is 68.8 Å². The van der Waals surface area contributed by atoms with Crippen molar-refractivity contribution in [1.29, 1.82) is 0 Å². The number of esters is 1. The summed E-state index contributed by atoms with van der Waals surface area (Å²) < 4.78 is 5.01. The fraction of sp³-hybridized carbons (Fsp3) is 0.538. The highest BCUT2D eigenvalue weighted by Gasteiger charge is 2.28. The van der Waals surface area contributed by atoms with E-state index >= 15 is 0 Å². The summed E-state index contributed by atoms with van der Waals surface area (Å²) in [5.74, 6) is 6.13. The van der Waals surface area contributed by atoms with Gasteiger partial charge in [-0.25, -0.2) is 4.79 Å². The SMILES string of the molecule is CCCC#CCC(C)[C@H](O)/C=C/[C@H]1CCC(=O)N1CCc1ccc(C(=O)OCC)cc1. The number of likely N-dealkylation sites (tertiary alicyclic amines) is 1. The van der Waals surface area contributed by atoms with Crippen LogP contribution in [0.15, 0.2) is 36.4 Å². The van der Waals surface area contributed by atoms with Crippen molar-refractivity contribution in [2.75, 3.05) is 13.2 Å². The molecule has 1 heterocycles. The number of unbranched alkanes of at least 4 members (excludes halogenated alkanes) is 1. The third-order valence-corrected chi connectivity index (χ3v) is 5.52. The molecular weight excluding hydrogens is 390 g/mol. The van der Waals surface area contributed by atoms with E-state index in [1.54, 1.807) is 19.1 Å². The second-order valence-corrected chi connectivity index (χ2v) is 8.02. The first kappa shape index (κ1) is 24.7. The monoisotopic (exact) mass is 425 g/mol. The maximum Gasteiger partial charge on any atom is 0.338 e. The highest BCUT2D eigenvalue weighted by molar-refractivity contribution is 5.89. The topological polar surface area (TPSA) is 66.8 Å². The van der Waals surface area contributed by atoms with Gasteiger partial charge in [0.25, 0.3) is 0 Å². The molecule has 2 rings (SSSR count). The van der Waals surface area contributed by atoms with Crippen LogP contribution in [-0.2, 0) is 16.0 Å². The minimum Gasteiger partial charge on any atom is -0.462 e. The first-order valence-corrected chi connectivity index (χ1v) is 11.3. The normalized spacial score (nSPS) is 18.0. The Morgan fingerprint density at radius 2 is 2.03 bits per heavy atom. The molecule has 1 aromatic carbocycles. The third kappa shape index (κ3) is 7.88. The predicted octanol–water partition coefficient (Wildman–Crippen LogP) is 4.14. The van der Waals surface area contributed by atoms with E-state index in [1.807, 2.05) is 36.1 Å². The Bertz CT molecular complexity index is 803. The van der Waals surface area contributed by atoms with Crippen molar-refractivity contribution in [1.82, 2.24) is 4.90 Å². The molecule has 0 radical (unpaired) electrons. The molecule has 168 valence electrons. The summed E-state index contributed by atoms with van der Waals surface area (Å²) >= 11 is 0. The van der Waals surface area contributed by atoms with Gasteiger partial charge < -0.3 is 14.7 Å². The van der Waals surface area contributed by atoms with Gasteiger partial charge in [0.2, 0.25) is 5.91 Å². The highest BCUT2D eigenvalue weighted by Crippen LogP contribution is 2.21. The molecular formula is C26H35NO4. The van der Waals surface area contributed by atoms with Gasteiger partial charge in [0.05, 0.1) is 24.3 Å². The van der Waals surface area contributed by atoms with Crippen molar-refractivity contribution in [3.05, 3.63) is 47.5 Å². The summed E-state index contributed by atoms with van der Waals surface area (Å²) in [4.78, 5) is 26.0. The summed E-state index contributed by atoms with van der Waals surface area (Å²) in [6, 6.07) is 7.35. The number of ether oxygens (including phenoxy) is 1. The molecule has 1 N–H and O–H groups in total. The van der Waals surface area contributed by atoms with Crippen LogP contribution in [0.25, 0.3) is 0 Å². The fourth-order valence-electron chi connectivity index (χ4n) is 3.52. The molecule has 5 heteroatoms. The van der Waals surface area contributed by atoms with Gasteiger partial charge in [-0.3, -0.25) is 4.79 Å². The number of aliphatic hydroxyl groups excluding tert-OH is 1. The molecule has 1 aliphatic heterocycles. The van der Waals surface area contributed by atoms with E-state index in [-0.39, 0.29) is 23.8 Å². The molecule has 0 aliphatic carbocycles. The van der Waals surface area contributed by atoms with Crippen LogP contribution < -0.4 is 0 Å². The minimum absolute atomic E-state index is 0.0133. The maximum absolute atomic E-state index is 12.4. The van der Waals surface area contributed by atoms with Gasteiger partial charge in [0.15, 0.2) is 0 Å². The smallest absolute Gasteiger partial charge is 0.338 e. The van der Waals surface area contributed by atoms with Crippen LogP contribution in [0.5, 0.6) is 0 Å². The summed E-state index contributed by atoms with van der Waals surface area (Å²) in [5.41, 5.74) is 1.60. The van der Waals surface area contributed by atoms with E-state index < -0.39 is 6.10 Å². The van der Waals surface area contributed by atoms with Gasteiger partial charge in [0.1, 0.15) is 0 Å². The minimum atomic E-state index is -0.566. The van der Waals surface area contributed by atoms with Crippen LogP contribution in [0.2, 0.25) is 0 Å². The second kappa shape index (κ2) is 13.0. The maximum atomic E-state index is 12.4. The van der Waals surface area contributed by atoms with E-state index in [2.05, 4.69) is 18.8 Å². The van der Waals surface area contributed by atoms with Crippen LogP contribution in [0.3, 0.4) is 0 Å². The number of carbonyl (C=O) groups is 2. The Balaban J connectivity index is 1.89. The second-order valence-electron chi connectivity index (χ2n) is 8.02. The molecule has 0 spiro atoms. The number of carbonyl (C=O) groups excluding carboxylic acids is 2. The summed E-state index contributed by atoms with van der Waals surface area (Å²) in [7, 11) is 0. The average Bonchev–Trinajstić information content (AvgIpc) is 3.13. The average molecular weight is 426 g/mol. The van der Waals surface area contributed by atoms with Gasteiger partial charge in [-0.2, -0.15) is 0 Å². The number of amides is 1. The Hall–Kier alpha value is -2.58. The van der Waals surface area contributed by atoms with Crippen molar-refractivity contribution in [3.63, 3.8) is 0 Å². The Labute approximate surface area is 186 Å². The Kier molecular flexibility index (Phi) is 10.3. The molecule has 1 aromatic rings. The number of benzene rings is 1. The molecule has 1 amide bonds. The first-order chi connectivity index (χ1) is 15.0. The Morgan fingerprint density at radius 1 is 1.29 bits per heavy atom. The van der Waals surface area contributed by atoms with Crippen molar-refractivity contribution >= 4 is 11.9 Å². The van der Waals surface area contributed by atoms with Gasteiger partial charge in [-0.1, -0.05) is 38.1 Å². The Morgan fingerprint density at radius 3 is 2.71 bits per heavy atom. The van der Waals surface area contributed by atoms with E-state index in [4.69, 9.17) is 4.74 Å². The largest absolute Gasteiger partial charge is 0.462 e. The van der Waals surface area contributed by atoms with Crippen LogP contribution in [0, 0.1) is 17.8 Å². The zero-order valence-electron chi connectivity index (χ0n) is 19.0. The lowest BCUT2D eigenvalue weighted by atomic mass is 9.99. The van der Waals surface area contributed by atoms with E-state index in [9.17, 15) is 14.7 Å². The van der Waals surface area contributed by atoms with Crippen LogP contribution >= 0.6 is 0 Å². The molecule has 3 atom stereocenters. The first-order valence-electron chi connectivity index (χ1n) is 11.3. The lowest BCUT2D eigenvalue weighted by Crippen LogP contribution is -2.34. The lowest BCUT2D eigenvalue weighted by Gasteiger charge is -2.23. The lowest BCUT2D eigenvalue weighted by molar-refractivity contribution is -0.128. The standard InChI is InChI=1S/C26H35NO4/c1-4-6-7-8-9-20(3)24(28)16-14-23-15-17-25(29)27(23)19-18-21-10-12-22(13-11-21)26(30)31-5-2/h10-14,16,20,23-24,28H,4-6,9,15,17-19H2,1-3H3/b16-14+/t20?,23-,24+/m0/s1. The van der Waals surface area contributed by atoms with Gasteiger partial charge >= 0.3 is 5.97 Å². The van der Waals surface area contributed by atoms with Crippen LogP contribution in [0.4, 0.5) is 0 Å². The van der Waals surface area contributed by atoms with Crippen molar-refractivity contribution in [2.45, 2.75) is 71.4 Å². The molecule has 5 nitrogen and oxygen atoms in total. The fourth-order valence-corrected chi connectivity index (χ4v) is 3.52. The molecule has 31 heavy (non-hydrogen) atoms. The van der Waals surface area contributed by atoms with Crippen molar-refractivity contribution < 1.29 is 19.4 Å². The molecule has 0 saturated carbocycles. The third-order valence-electron chi connectivity index (χ3n) is 5.52. The summed E-state index contributed by atoms with van der Waals surface area (Å²) in [5, 5.41) is 10.4. The number of hydrogen-bond donors (Lipinski definition) is 1. The van der Waals surface area contributed by atoms with Crippen molar-refractivity contribution in [2.24, 2.45) is 5.92 Å². The summed E-state index contributed by atoms with van der Waals surface area (Å²) in [6.45, 7) is 6.84. The number of rotatable bonds is 10. The zero-order chi connectivity index (χ0) is 22.6. The number of hydrogen-bond acceptors (Lipinski definition) is 4. The summed E-state index contributed by atoms with van der Waals surface area (Å²) in [6.07, 6.45) is 7.84. The highest BCUT2D eigenvalue weighted by atomic mass is 16.5. The van der Waals surface area contributed by atoms with Gasteiger partial charge in [-0.05, 0) is 49.8 Å². The van der Waals surface area contributed by atoms with Gasteiger partial charge in [-0.15, -0.1) is 11.8 Å². The quantitative estimate of drug-likeness (QED) is 0.348. The molecule has 1 saturated heterocycles. The number of aliphatic hydroxyl groups is 1.